The average Bonchev–Trinajstić information content (AvgIpc) is 2.87. The zero-order chi connectivity index (χ0) is 18.2. The molecule has 8 nitrogen and oxygen atoms in total. The molecule has 0 aromatic heterocycles. The number of nitrogens with zero attached hydrogens (tertiary/aromatic N) is 3. The van der Waals surface area contributed by atoms with Crippen molar-refractivity contribution in [3.05, 3.63) is 45.8 Å². The van der Waals surface area contributed by atoms with E-state index < -0.39 is 4.92 Å². The van der Waals surface area contributed by atoms with Crippen LogP contribution in [0.25, 0.3) is 0 Å². The number of amides is 1. The molecule has 0 bridgehead atoms. The van der Waals surface area contributed by atoms with Gasteiger partial charge in [0.2, 0.25) is 5.91 Å². The van der Waals surface area contributed by atoms with Gasteiger partial charge in [-0.15, -0.1) is 0 Å². The van der Waals surface area contributed by atoms with Gasteiger partial charge in [-0.3, -0.25) is 19.8 Å². The molecule has 0 saturated carbocycles. The number of allylic oxidation sites excluding steroid dienone is 2. The van der Waals surface area contributed by atoms with Crippen molar-refractivity contribution in [1.82, 2.24) is 20.4 Å². The van der Waals surface area contributed by atoms with E-state index in [-0.39, 0.29) is 17.6 Å². The van der Waals surface area contributed by atoms with Gasteiger partial charge in [0.15, 0.2) is 0 Å². The molecule has 2 N–H and O–H groups in total. The van der Waals surface area contributed by atoms with Crippen LogP contribution in [0.4, 0.5) is 0 Å². The van der Waals surface area contributed by atoms with Crippen molar-refractivity contribution in [3.8, 4) is 0 Å². The molecule has 1 atom stereocenters. The number of hydrogen-bond acceptors (Lipinski definition) is 6. The van der Waals surface area contributed by atoms with Crippen LogP contribution < -0.4 is 10.6 Å². The Kier molecular flexibility index (Phi) is 7.30. The first-order valence-corrected chi connectivity index (χ1v) is 8.68. The van der Waals surface area contributed by atoms with Crippen LogP contribution in [-0.4, -0.2) is 73.0 Å². The fraction of sp³-hybridized carbons (Fsp3) is 0.588. The third kappa shape index (κ3) is 6.41. The molecule has 138 valence electrons. The van der Waals surface area contributed by atoms with Crippen LogP contribution in [0, 0.1) is 10.1 Å². The highest BCUT2D eigenvalue weighted by Crippen LogP contribution is 2.11. The molecule has 1 fully saturated rings. The van der Waals surface area contributed by atoms with Gasteiger partial charge in [0, 0.05) is 30.9 Å². The van der Waals surface area contributed by atoms with Gasteiger partial charge in [-0.25, -0.2) is 0 Å². The molecule has 1 heterocycles. The summed E-state index contributed by atoms with van der Waals surface area (Å²) in [5, 5.41) is 17.1. The van der Waals surface area contributed by atoms with E-state index in [1.54, 1.807) is 12.2 Å². The molecule has 1 aliphatic carbocycles. The lowest BCUT2D eigenvalue weighted by Gasteiger charge is -2.19. The second-order valence-electron chi connectivity index (χ2n) is 6.37. The Balaban J connectivity index is 1.97. The van der Waals surface area contributed by atoms with E-state index in [4.69, 9.17) is 0 Å². The molecule has 1 amide bonds. The molecule has 1 unspecified atom stereocenters. The first kappa shape index (κ1) is 19.3. The Bertz CT molecular complexity index is 585. The third-order valence-electron chi connectivity index (χ3n) is 4.25. The highest BCUT2D eigenvalue weighted by Gasteiger charge is 2.18. The summed E-state index contributed by atoms with van der Waals surface area (Å²) in [4.78, 5) is 27.4. The van der Waals surface area contributed by atoms with Gasteiger partial charge in [-0.05, 0) is 39.2 Å². The van der Waals surface area contributed by atoms with Crippen LogP contribution in [-0.2, 0) is 4.79 Å². The maximum atomic E-state index is 12.3. The van der Waals surface area contributed by atoms with E-state index in [0.717, 1.165) is 32.6 Å². The summed E-state index contributed by atoms with van der Waals surface area (Å²) < 4.78 is 0. The quantitative estimate of drug-likeness (QED) is 0.531. The Morgan fingerprint density at radius 2 is 2.16 bits per heavy atom. The van der Waals surface area contributed by atoms with Crippen molar-refractivity contribution in [2.24, 2.45) is 0 Å². The zero-order valence-corrected chi connectivity index (χ0v) is 14.9. The third-order valence-corrected chi connectivity index (χ3v) is 4.25. The minimum Gasteiger partial charge on any atom is -0.325 e. The summed E-state index contributed by atoms with van der Waals surface area (Å²) in [6.45, 7) is 6.64. The molecule has 0 aromatic rings. The van der Waals surface area contributed by atoms with Gasteiger partial charge in [0.25, 0.3) is 5.70 Å². The second-order valence-corrected chi connectivity index (χ2v) is 6.37. The second kappa shape index (κ2) is 9.45. The maximum absolute atomic E-state index is 12.3. The summed E-state index contributed by atoms with van der Waals surface area (Å²) in [7, 11) is 2.08. The summed E-state index contributed by atoms with van der Waals surface area (Å²) in [5.74, 6) is -0.148. The topological polar surface area (TPSA) is 90.8 Å². The van der Waals surface area contributed by atoms with Gasteiger partial charge >= 0.3 is 0 Å². The van der Waals surface area contributed by atoms with Crippen molar-refractivity contribution in [1.29, 1.82) is 0 Å². The maximum Gasteiger partial charge on any atom is 0.269 e. The first-order chi connectivity index (χ1) is 12.0. The first-order valence-electron chi connectivity index (χ1n) is 8.68. The van der Waals surface area contributed by atoms with Crippen LogP contribution in [0.5, 0.6) is 0 Å². The van der Waals surface area contributed by atoms with E-state index in [9.17, 15) is 14.9 Å². The largest absolute Gasteiger partial charge is 0.325 e. The predicted molar refractivity (Wildman–Crippen MR) is 96.5 cm³/mol. The molecule has 0 radical (unpaired) electrons. The van der Waals surface area contributed by atoms with Crippen molar-refractivity contribution in [3.63, 3.8) is 0 Å². The van der Waals surface area contributed by atoms with E-state index in [1.165, 1.54) is 6.08 Å². The van der Waals surface area contributed by atoms with Gasteiger partial charge < -0.3 is 15.5 Å². The number of nitro groups is 1. The molecular formula is C17H27N5O3. The van der Waals surface area contributed by atoms with E-state index in [1.807, 2.05) is 13.0 Å². The Labute approximate surface area is 148 Å². The van der Waals surface area contributed by atoms with Crippen molar-refractivity contribution in [2.45, 2.75) is 19.4 Å². The molecule has 2 rings (SSSR count). The monoisotopic (exact) mass is 349 g/mol. The zero-order valence-electron chi connectivity index (χ0n) is 14.9. The standard InChI is InChI=1S/C17H27N5O3/c1-3-18-14-5-6-15(12-16(11-14)22(24)25)19-17(23)13-21-8-4-7-20(2)9-10-21/h5-6,11-12,14,18H,3-4,7-10,13H2,1-2H3,(H,19,23). The van der Waals surface area contributed by atoms with E-state index in [0.29, 0.717) is 18.8 Å². The highest BCUT2D eigenvalue weighted by atomic mass is 16.6. The number of carbonyl (C=O) groups is 1. The smallest absolute Gasteiger partial charge is 0.269 e. The van der Waals surface area contributed by atoms with Crippen molar-refractivity contribution < 1.29 is 9.72 Å². The van der Waals surface area contributed by atoms with Gasteiger partial charge in [0.05, 0.1) is 17.5 Å². The van der Waals surface area contributed by atoms with E-state index >= 15 is 0 Å². The number of nitrogens with one attached hydrogen (secondary N) is 2. The molecular weight excluding hydrogens is 322 g/mol. The molecule has 25 heavy (non-hydrogen) atoms. The van der Waals surface area contributed by atoms with Crippen molar-refractivity contribution in [2.75, 3.05) is 46.3 Å². The molecule has 1 aliphatic heterocycles. The molecule has 0 aromatic carbocycles. The number of likely N-dealkylation sites (N-methyl/N-ethyl adjacent to an activating group) is 2. The molecule has 0 spiro atoms. The van der Waals surface area contributed by atoms with Gasteiger partial charge in [-0.2, -0.15) is 0 Å². The molecule has 2 aliphatic rings. The summed E-state index contributed by atoms with van der Waals surface area (Å²) >= 11 is 0. The van der Waals surface area contributed by atoms with Crippen LogP contribution in [0.2, 0.25) is 0 Å². The van der Waals surface area contributed by atoms with Gasteiger partial charge in [-0.1, -0.05) is 13.0 Å². The minimum atomic E-state index is -0.436. The van der Waals surface area contributed by atoms with Crippen LogP contribution in [0.15, 0.2) is 35.7 Å². The normalized spacial score (nSPS) is 22.6. The molecule has 8 heteroatoms. The predicted octanol–water partition coefficient (Wildman–Crippen LogP) is 0.333. The minimum absolute atomic E-state index is 0.0253. The van der Waals surface area contributed by atoms with Crippen molar-refractivity contribution >= 4 is 5.91 Å². The Hall–Kier alpha value is -2.03. The number of rotatable bonds is 6. The highest BCUT2D eigenvalue weighted by molar-refractivity contribution is 5.80. The lowest BCUT2D eigenvalue weighted by Crippen LogP contribution is -2.38. The van der Waals surface area contributed by atoms with Crippen LogP contribution >= 0.6 is 0 Å². The van der Waals surface area contributed by atoms with Crippen LogP contribution in [0.3, 0.4) is 0 Å². The summed E-state index contributed by atoms with van der Waals surface area (Å²) in [5.41, 5.74) is 0.419. The average molecular weight is 349 g/mol. The lowest BCUT2D eigenvalue weighted by molar-refractivity contribution is -0.419. The fourth-order valence-electron chi connectivity index (χ4n) is 2.92. The van der Waals surface area contributed by atoms with E-state index in [2.05, 4.69) is 27.5 Å². The van der Waals surface area contributed by atoms with Gasteiger partial charge in [0.1, 0.15) is 0 Å². The SMILES string of the molecule is CCNC1C=CC(NC(=O)CN2CCCN(C)CC2)=CC([N+](=O)[O-])=C1. The van der Waals surface area contributed by atoms with Crippen LogP contribution in [0.1, 0.15) is 13.3 Å². The summed E-state index contributed by atoms with van der Waals surface area (Å²) in [6, 6.07) is -0.225. The Morgan fingerprint density at radius 3 is 2.88 bits per heavy atom. The lowest BCUT2D eigenvalue weighted by atomic mass is 10.2. The summed E-state index contributed by atoms with van der Waals surface area (Å²) in [6.07, 6.45) is 7.51. The number of carbonyl (C=O) groups excluding carboxylic acids is 1. The Morgan fingerprint density at radius 1 is 1.36 bits per heavy atom. The fourth-order valence-corrected chi connectivity index (χ4v) is 2.92. The molecule has 1 saturated heterocycles. The number of hydrogen-bond donors (Lipinski definition) is 2.